The van der Waals surface area contributed by atoms with E-state index in [-0.39, 0.29) is 28.8 Å². The maximum Gasteiger partial charge on any atom is 0.255 e. The van der Waals surface area contributed by atoms with Crippen LogP contribution in [-0.4, -0.2) is 49.7 Å². The Balaban J connectivity index is 1.32. The monoisotopic (exact) mass is 476 g/mol. The number of fused-ring (bicyclic) bond motifs is 3. The molecular weight excluding hydrogens is 452 g/mol. The van der Waals surface area contributed by atoms with E-state index in [9.17, 15) is 18.0 Å². The second-order valence-corrected chi connectivity index (χ2v) is 10.6. The fourth-order valence-corrected chi connectivity index (χ4v) is 6.15. The van der Waals surface area contributed by atoms with Gasteiger partial charge in [-0.05, 0) is 61.4 Å². The first-order valence-electron chi connectivity index (χ1n) is 11.1. The Morgan fingerprint density at radius 1 is 0.882 bits per heavy atom. The smallest absolute Gasteiger partial charge is 0.255 e. The van der Waals surface area contributed by atoms with Crippen molar-refractivity contribution in [3.8, 4) is 11.1 Å². The van der Waals surface area contributed by atoms with E-state index in [2.05, 4.69) is 5.32 Å². The highest BCUT2D eigenvalue weighted by molar-refractivity contribution is 7.89. The summed E-state index contributed by atoms with van der Waals surface area (Å²) in [6.07, 6.45) is -0.354. The van der Waals surface area contributed by atoms with E-state index in [1.807, 2.05) is 32.0 Å². The highest BCUT2D eigenvalue weighted by Gasteiger charge is 2.32. The van der Waals surface area contributed by atoms with E-state index in [1.165, 1.54) is 16.4 Å². The summed E-state index contributed by atoms with van der Waals surface area (Å²) < 4.78 is 33.1. The van der Waals surface area contributed by atoms with E-state index < -0.39 is 10.0 Å². The van der Waals surface area contributed by atoms with E-state index in [1.54, 1.807) is 36.4 Å². The van der Waals surface area contributed by atoms with Crippen LogP contribution in [0.4, 0.5) is 5.69 Å². The summed E-state index contributed by atoms with van der Waals surface area (Å²) in [5, 5.41) is 2.78. The van der Waals surface area contributed by atoms with Crippen LogP contribution in [0.1, 0.15) is 40.1 Å². The largest absolute Gasteiger partial charge is 0.373 e. The third kappa shape index (κ3) is 3.94. The van der Waals surface area contributed by atoms with Gasteiger partial charge in [-0.15, -0.1) is 0 Å². The molecule has 0 bridgehead atoms. The van der Waals surface area contributed by atoms with Crippen molar-refractivity contribution >= 4 is 27.4 Å². The summed E-state index contributed by atoms with van der Waals surface area (Å²) in [7, 11) is -3.66. The van der Waals surface area contributed by atoms with Gasteiger partial charge in [0.25, 0.3) is 5.91 Å². The van der Waals surface area contributed by atoms with Gasteiger partial charge in [-0.25, -0.2) is 8.42 Å². The second kappa shape index (κ2) is 8.47. The third-order valence-electron chi connectivity index (χ3n) is 6.12. The molecule has 0 radical (unpaired) electrons. The fraction of sp³-hybridized carbons (Fsp3) is 0.231. The molecule has 5 rings (SSSR count). The standard InChI is InChI=1S/C26H24N2O5S/c1-16-14-28(15-17(2)33-16)34(31,32)20-10-8-19(9-11-20)27-26(30)18-7-12-22-21-5-3-4-6-23(21)25(29)24(22)13-18/h3-13,16-17H,14-15H2,1-2H3,(H,27,30)/t16-,17+. The SMILES string of the molecule is C[C@@H]1CN(S(=O)(=O)c2ccc(NC(=O)c3ccc4c(c3)C(=O)c3ccccc3-4)cc2)C[C@H](C)O1. The lowest BCUT2D eigenvalue weighted by atomic mass is 10.0. The number of morpholine rings is 1. The fourth-order valence-electron chi connectivity index (χ4n) is 4.56. The van der Waals surface area contributed by atoms with Gasteiger partial charge in [0, 0.05) is 35.5 Å². The van der Waals surface area contributed by atoms with Crippen LogP contribution >= 0.6 is 0 Å². The predicted molar refractivity (Wildman–Crippen MR) is 128 cm³/mol. The molecule has 1 aliphatic heterocycles. The van der Waals surface area contributed by atoms with E-state index >= 15 is 0 Å². The predicted octanol–water partition coefficient (Wildman–Crippen LogP) is 3.95. The molecule has 1 amide bonds. The second-order valence-electron chi connectivity index (χ2n) is 8.69. The van der Waals surface area contributed by atoms with Gasteiger partial charge < -0.3 is 10.1 Å². The topological polar surface area (TPSA) is 92.8 Å². The van der Waals surface area contributed by atoms with Crippen molar-refractivity contribution in [3.63, 3.8) is 0 Å². The minimum absolute atomic E-state index is 0.0958. The molecular formula is C26H24N2O5S. The Hall–Kier alpha value is -3.33. The van der Waals surface area contributed by atoms with Crippen LogP contribution < -0.4 is 5.32 Å². The van der Waals surface area contributed by atoms with Crippen molar-refractivity contribution < 1.29 is 22.7 Å². The normalized spacial score (nSPS) is 20.0. The zero-order valence-corrected chi connectivity index (χ0v) is 19.6. The van der Waals surface area contributed by atoms with Crippen LogP contribution in [0.5, 0.6) is 0 Å². The first-order chi connectivity index (χ1) is 16.2. The van der Waals surface area contributed by atoms with Crippen LogP contribution in [-0.2, 0) is 14.8 Å². The van der Waals surface area contributed by atoms with Crippen molar-refractivity contribution in [1.29, 1.82) is 0 Å². The van der Waals surface area contributed by atoms with Gasteiger partial charge >= 0.3 is 0 Å². The molecule has 1 fully saturated rings. The number of amides is 1. The number of benzene rings is 3. The average Bonchev–Trinajstić information content (AvgIpc) is 3.10. The lowest BCUT2D eigenvalue weighted by Crippen LogP contribution is -2.48. The molecule has 2 atom stereocenters. The number of nitrogens with one attached hydrogen (secondary N) is 1. The molecule has 1 heterocycles. The number of ether oxygens (including phenoxy) is 1. The van der Waals surface area contributed by atoms with Gasteiger partial charge in [-0.1, -0.05) is 30.3 Å². The Morgan fingerprint density at radius 2 is 1.50 bits per heavy atom. The molecule has 2 aliphatic rings. The van der Waals surface area contributed by atoms with Gasteiger partial charge in [0.1, 0.15) is 0 Å². The Morgan fingerprint density at radius 3 is 2.18 bits per heavy atom. The van der Waals surface area contributed by atoms with E-state index in [0.717, 1.165) is 11.1 Å². The highest BCUT2D eigenvalue weighted by atomic mass is 32.2. The van der Waals surface area contributed by atoms with E-state index in [4.69, 9.17) is 4.74 Å². The number of nitrogens with zero attached hydrogens (tertiary/aromatic N) is 1. The van der Waals surface area contributed by atoms with Crippen LogP contribution in [0.2, 0.25) is 0 Å². The molecule has 1 saturated heterocycles. The number of carbonyl (C=O) groups is 2. The molecule has 0 aromatic heterocycles. The number of rotatable bonds is 4. The van der Waals surface area contributed by atoms with Gasteiger partial charge in [0.2, 0.25) is 10.0 Å². The van der Waals surface area contributed by atoms with Gasteiger partial charge in [0.05, 0.1) is 17.1 Å². The minimum Gasteiger partial charge on any atom is -0.373 e. The minimum atomic E-state index is -3.66. The average molecular weight is 477 g/mol. The zero-order chi connectivity index (χ0) is 24.0. The lowest BCUT2D eigenvalue weighted by Gasteiger charge is -2.34. The Kier molecular flexibility index (Phi) is 5.59. The van der Waals surface area contributed by atoms with Crippen molar-refractivity contribution in [3.05, 3.63) is 83.4 Å². The molecule has 3 aromatic rings. The molecule has 1 N–H and O–H groups in total. The van der Waals surface area contributed by atoms with Crippen LogP contribution in [0.25, 0.3) is 11.1 Å². The maximum absolute atomic E-state index is 13.0. The summed E-state index contributed by atoms with van der Waals surface area (Å²) in [6.45, 7) is 4.29. The number of hydrogen-bond acceptors (Lipinski definition) is 5. The van der Waals surface area contributed by atoms with Crippen LogP contribution in [0.3, 0.4) is 0 Å². The molecule has 7 nitrogen and oxygen atoms in total. The molecule has 0 saturated carbocycles. The van der Waals surface area contributed by atoms with Crippen molar-refractivity contribution in [1.82, 2.24) is 4.31 Å². The Labute approximate surface area is 198 Å². The number of sulfonamides is 1. The molecule has 34 heavy (non-hydrogen) atoms. The molecule has 0 spiro atoms. The quantitative estimate of drug-likeness (QED) is 0.482. The summed E-state index contributed by atoms with van der Waals surface area (Å²) in [6, 6.07) is 18.5. The number of ketones is 1. The van der Waals surface area contributed by atoms with Crippen LogP contribution in [0.15, 0.2) is 71.6 Å². The van der Waals surface area contributed by atoms with Crippen molar-refractivity contribution in [2.75, 3.05) is 18.4 Å². The number of hydrogen-bond donors (Lipinski definition) is 1. The number of anilines is 1. The van der Waals surface area contributed by atoms with Gasteiger partial charge in [-0.3, -0.25) is 9.59 Å². The van der Waals surface area contributed by atoms with E-state index in [0.29, 0.717) is 35.5 Å². The molecule has 174 valence electrons. The van der Waals surface area contributed by atoms with Gasteiger partial charge in [-0.2, -0.15) is 4.31 Å². The first-order valence-corrected chi connectivity index (χ1v) is 12.5. The summed E-state index contributed by atoms with van der Waals surface area (Å²) in [5.74, 6) is -0.473. The molecule has 1 aliphatic carbocycles. The third-order valence-corrected chi connectivity index (χ3v) is 7.97. The molecule has 0 unspecified atom stereocenters. The van der Waals surface area contributed by atoms with Gasteiger partial charge in [0.15, 0.2) is 5.78 Å². The highest BCUT2D eigenvalue weighted by Crippen LogP contribution is 2.36. The summed E-state index contributed by atoms with van der Waals surface area (Å²) in [4.78, 5) is 25.7. The summed E-state index contributed by atoms with van der Waals surface area (Å²) in [5.41, 5.74) is 3.64. The van der Waals surface area contributed by atoms with Crippen molar-refractivity contribution in [2.45, 2.75) is 31.0 Å². The molecule has 8 heteroatoms. The summed E-state index contributed by atoms with van der Waals surface area (Å²) >= 11 is 0. The maximum atomic E-state index is 13.0. The van der Waals surface area contributed by atoms with Crippen LogP contribution in [0, 0.1) is 0 Å². The van der Waals surface area contributed by atoms with Crippen molar-refractivity contribution in [2.24, 2.45) is 0 Å². The zero-order valence-electron chi connectivity index (χ0n) is 18.8. The lowest BCUT2D eigenvalue weighted by molar-refractivity contribution is -0.0440. The Bertz CT molecular complexity index is 1390. The first kappa shape index (κ1) is 22.5. The number of carbonyl (C=O) groups excluding carboxylic acids is 2. The molecule has 3 aromatic carbocycles.